The summed E-state index contributed by atoms with van der Waals surface area (Å²) in [7, 11) is 0. The maximum Gasteiger partial charge on any atom is 0.491 e. The highest BCUT2D eigenvalue weighted by atomic mass is 19.4. The first kappa shape index (κ1) is 12.2. The summed E-state index contributed by atoms with van der Waals surface area (Å²) in [6.07, 6.45) is -4.96. The van der Waals surface area contributed by atoms with Gasteiger partial charge in [0.05, 0.1) is 5.60 Å². The third-order valence-corrected chi connectivity index (χ3v) is 0.913. The van der Waals surface area contributed by atoms with Crippen LogP contribution in [0, 0.1) is 0 Å². The van der Waals surface area contributed by atoms with Crippen molar-refractivity contribution in [2.45, 2.75) is 32.5 Å². The van der Waals surface area contributed by atoms with Gasteiger partial charge >= 0.3 is 12.1 Å². The van der Waals surface area contributed by atoms with E-state index in [0.717, 1.165) is 0 Å². The number of carbonyl (C=O) groups excluding carboxylic acids is 1. The normalized spacial score (nSPS) is 12.8. The van der Waals surface area contributed by atoms with E-state index < -0.39 is 24.5 Å². The summed E-state index contributed by atoms with van der Waals surface area (Å²) in [5.74, 6) is -2.24. The summed E-state index contributed by atoms with van der Waals surface area (Å²) in [6, 6.07) is 0. The molecule has 0 spiro atoms. The van der Waals surface area contributed by atoms with Crippen molar-refractivity contribution >= 4 is 5.97 Å². The minimum absolute atomic E-state index is 0.633. The zero-order chi connectivity index (χ0) is 10.7. The summed E-state index contributed by atoms with van der Waals surface area (Å²) >= 11 is 0. The zero-order valence-corrected chi connectivity index (χ0v) is 7.57. The molecule has 0 aliphatic heterocycles. The molecule has 0 fully saturated rings. The number of hydrogen-bond donors (Lipinski definition) is 0. The second-order valence-electron chi connectivity index (χ2n) is 3.30. The molecule has 0 saturated carbocycles. The maximum atomic E-state index is 11.5. The molecule has 0 atom stereocenters. The Hall–Kier alpha value is -0.780. The van der Waals surface area contributed by atoms with Crippen LogP contribution in [0.2, 0.25) is 0 Å². The summed E-state index contributed by atoms with van der Waals surface area (Å²) < 4.78 is 43.2. The Labute approximate surface area is 73.8 Å². The molecule has 0 bridgehead atoms. The predicted octanol–water partition coefficient (Wildman–Crippen LogP) is 1.86. The second-order valence-corrected chi connectivity index (χ2v) is 3.30. The number of halogens is 3. The molecule has 0 aromatic rings. The van der Waals surface area contributed by atoms with Gasteiger partial charge in [-0.2, -0.15) is 13.2 Å². The largest absolute Gasteiger partial charge is 0.491 e. The van der Waals surface area contributed by atoms with Crippen molar-refractivity contribution in [3.8, 4) is 0 Å². The van der Waals surface area contributed by atoms with Crippen LogP contribution >= 0.6 is 0 Å². The van der Waals surface area contributed by atoms with Crippen LogP contribution in [0.25, 0.3) is 0 Å². The monoisotopic (exact) mass is 200 g/mol. The van der Waals surface area contributed by atoms with Crippen molar-refractivity contribution in [2.75, 3.05) is 6.79 Å². The van der Waals surface area contributed by atoms with Crippen molar-refractivity contribution in [3.05, 3.63) is 0 Å². The summed E-state index contributed by atoms with van der Waals surface area (Å²) in [5, 5.41) is 0. The highest BCUT2D eigenvalue weighted by Gasteiger charge is 2.41. The smallest absolute Gasteiger partial charge is 0.432 e. The van der Waals surface area contributed by atoms with Crippen LogP contribution in [0.5, 0.6) is 0 Å². The van der Waals surface area contributed by atoms with Crippen molar-refractivity contribution < 1.29 is 27.4 Å². The van der Waals surface area contributed by atoms with E-state index >= 15 is 0 Å². The lowest BCUT2D eigenvalue weighted by molar-refractivity contribution is -0.215. The first-order valence-electron chi connectivity index (χ1n) is 3.51. The Kier molecular flexibility index (Phi) is 3.71. The third-order valence-electron chi connectivity index (χ3n) is 0.913. The minimum atomic E-state index is -4.96. The van der Waals surface area contributed by atoms with Crippen LogP contribution in [0.15, 0.2) is 0 Å². The van der Waals surface area contributed by atoms with Gasteiger partial charge in [-0.05, 0) is 20.8 Å². The van der Waals surface area contributed by atoms with Crippen LogP contribution in [0.3, 0.4) is 0 Å². The molecular formula is C7H11F3O3. The SMILES string of the molecule is CC(C)(C)OCOC(=O)C(F)(F)F. The van der Waals surface area contributed by atoms with Gasteiger partial charge in [-0.1, -0.05) is 0 Å². The standard InChI is InChI=1S/C7H11F3O3/c1-6(2,3)13-4-12-5(11)7(8,9)10/h4H2,1-3H3. The van der Waals surface area contributed by atoms with Gasteiger partial charge in [-0.25, -0.2) is 4.79 Å². The van der Waals surface area contributed by atoms with E-state index in [9.17, 15) is 18.0 Å². The number of hydrogen-bond acceptors (Lipinski definition) is 3. The predicted molar refractivity (Wildman–Crippen MR) is 37.9 cm³/mol. The fraction of sp³-hybridized carbons (Fsp3) is 0.857. The molecule has 6 heteroatoms. The van der Waals surface area contributed by atoms with Crippen LogP contribution in [-0.2, 0) is 14.3 Å². The van der Waals surface area contributed by atoms with E-state index in [1.165, 1.54) is 0 Å². The van der Waals surface area contributed by atoms with E-state index in [2.05, 4.69) is 4.74 Å². The van der Waals surface area contributed by atoms with Crippen molar-refractivity contribution in [2.24, 2.45) is 0 Å². The quantitative estimate of drug-likeness (QED) is 0.504. The Morgan fingerprint density at radius 3 is 2.00 bits per heavy atom. The van der Waals surface area contributed by atoms with Crippen LogP contribution < -0.4 is 0 Å². The molecule has 78 valence electrons. The van der Waals surface area contributed by atoms with E-state index in [-0.39, 0.29) is 0 Å². The summed E-state index contributed by atoms with van der Waals surface area (Å²) in [6.45, 7) is 4.21. The van der Waals surface area contributed by atoms with Gasteiger partial charge in [0.1, 0.15) is 0 Å². The number of rotatable bonds is 2. The first-order valence-corrected chi connectivity index (χ1v) is 3.51. The van der Waals surface area contributed by atoms with Crippen LogP contribution in [0.4, 0.5) is 13.2 Å². The third kappa shape index (κ3) is 6.39. The molecule has 0 heterocycles. The lowest BCUT2D eigenvalue weighted by Crippen LogP contribution is -2.29. The Bertz CT molecular complexity index is 180. The number of ether oxygens (including phenoxy) is 2. The van der Waals surface area contributed by atoms with Crippen molar-refractivity contribution in [3.63, 3.8) is 0 Å². The van der Waals surface area contributed by atoms with Gasteiger partial charge in [0.25, 0.3) is 0 Å². The molecule has 0 saturated heterocycles. The molecule has 0 unspecified atom stereocenters. The zero-order valence-electron chi connectivity index (χ0n) is 7.57. The van der Waals surface area contributed by atoms with Gasteiger partial charge in [0.2, 0.25) is 0 Å². The second kappa shape index (κ2) is 3.95. The molecule has 0 aromatic carbocycles. The Morgan fingerprint density at radius 2 is 1.69 bits per heavy atom. The number of carbonyl (C=O) groups is 1. The van der Waals surface area contributed by atoms with Gasteiger partial charge in [-0.3, -0.25) is 0 Å². The number of alkyl halides is 3. The molecule has 3 nitrogen and oxygen atoms in total. The van der Waals surface area contributed by atoms with E-state index in [0.29, 0.717) is 0 Å². The maximum absolute atomic E-state index is 11.5. The van der Waals surface area contributed by atoms with E-state index in [1.54, 1.807) is 20.8 Å². The molecule has 0 aliphatic rings. The lowest BCUT2D eigenvalue weighted by atomic mass is 10.2. The lowest BCUT2D eigenvalue weighted by Gasteiger charge is -2.19. The summed E-state index contributed by atoms with van der Waals surface area (Å²) in [5.41, 5.74) is -0.633. The highest BCUT2D eigenvalue weighted by molar-refractivity contribution is 5.75. The molecule has 0 aliphatic carbocycles. The van der Waals surface area contributed by atoms with Crippen LogP contribution in [-0.4, -0.2) is 24.5 Å². The van der Waals surface area contributed by atoms with Crippen molar-refractivity contribution in [1.29, 1.82) is 0 Å². The van der Waals surface area contributed by atoms with E-state index in [4.69, 9.17) is 4.74 Å². The molecule has 0 amide bonds. The van der Waals surface area contributed by atoms with Crippen LogP contribution in [0.1, 0.15) is 20.8 Å². The fourth-order valence-corrected chi connectivity index (χ4v) is 0.342. The van der Waals surface area contributed by atoms with Gasteiger partial charge in [0.15, 0.2) is 6.79 Å². The Morgan fingerprint density at radius 1 is 1.23 bits per heavy atom. The van der Waals surface area contributed by atoms with Gasteiger partial charge < -0.3 is 9.47 Å². The fourth-order valence-electron chi connectivity index (χ4n) is 0.342. The van der Waals surface area contributed by atoms with Crippen molar-refractivity contribution in [1.82, 2.24) is 0 Å². The van der Waals surface area contributed by atoms with Gasteiger partial charge in [-0.15, -0.1) is 0 Å². The Balaban J connectivity index is 3.74. The molecule has 0 aromatic heterocycles. The molecular weight excluding hydrogens is 189 g/mol. The average molecular weight is 200 g/mol. The topological polar surface area (TPSA) is 35.5 Å². The molecule has 13 heavy (non-hydrogen) atoms. The minimum Gasteiger partial charge on any atom is -0.432 e. The average Bonchev–Trinajstić information content (AvgIpc) is 1.82. The molecule has 0 rings (SSSR count). The summed E-state index contributed by atoms with van der Waals surface area (Å²) in [4.78, 5) is 10.1. The molecule has 0 radical (unpaired) electrons. The molecule has 0 N–H and O–H groups in total. The number of esters is 1. The van der Waals surface area contributed by atoms with Gasteiger partial charge in [0, 0.05) is 0 Å². The van der Waals surface area contributed by atoms with E-state index in [1.807, 2.05) is 0 Å². The first-order chi connectivity index (χ1) is 5.63. The highest BCUT2D eigenvalue weighted by Crippen LogP contribution is 2.17.